The summed E-state index contributed by atoms with van der Waals surface area (Å²) in [5, 5.41) is 23.1. The van der Waals surface area contributed by atoms with Crippen molar-refractivity contribution in [1.29, 1.82) is 5.26 Å². The topological polar surface area (TPSA) is 102 Å². The molecule has 0 bridgehead atoms. The Morgan fingerprint density at radius 3 is 2.67 bits per heavy atom. The van der Waals surface area contributed by atoms with Crippen molar-refractivity contribution in [3.05, 3.63) is 95.1 Å². The van der Waals surface area contributed by atoms with E-state index < -0.39 is 6.10 Å². The molecule has 7 heteroatoms. The molecule has 2 N–H and O–H groups in total. The van der Waals surface area contributed by atoms with Gasteiger partial charge in [0.15, 0.2) is 0 Å². The van der Waals surface area contributed by atoms with E-state index in [9.17, 15) is 9.90 Å². The van der Waals surface area contributed by atoms with Crippen LogP contribution in [0.3, 0.4) is 0 Å². The highest BCUT2D eigenvalue weighted by Gasteiger charge is 2.30. The predicted octanol–water partition coefficient (Wildman–Crippen LogP) is 3.02. The number of hydrogen-bond donors (Lipinski definition) is 2. The lowest BCUT2D eigenvalue weighted by molar-refractivity contribution is 0.0785. The van der Waals surface area contributed by atoms with Gasteiger partial charge in [-0.1, -0.05) is 24.3 Å². The van der Waals surface area contributed by atoms with Crippen molar-refractivity contribution in [1.82, 2.24) is 20.2 Å². The summed E-state index contributed by atoms with van der Waals surface area (Å²) >= 11 is 0. The number of pyridine rings is 2. The van der Waals surface area contributed by atoms with Crippen LogP contribution in [0, 0.1) is 11.3 Å². The third-order valence-electron chi connectivity index (χ3n) is 6.07. The maximum absolute atomic E-state index is 12.7. The molecule has 1 unspecified atom stereocenters. The van der Waals surface area contributed by atoms with E-state index in [0.717, 1.165) is 30.4 Å². The standard InChI is InChI=1S/C26H27N5O2/c1-31(17-19-3-2-12-28-15-19)26(33)20-6-4-18(5-7-20)13-22-10-11-24(30-22)25(32)21-8-9-23(14-27)29-16-21/h2-9,12,15-16,22,24-25,30,32H,10-11,13,17H2,1H3/t22-,24+,25?/m0/s1. The molecule has 1 fully saturated rings. The van der Waals surface area contributed by atoms with E-state index >= 15 is 0 Å². The molecule has 2 aromatic heterocycles. The van der Waals surface area contributed by atoms with Gasteiger partial charge in [0, 0.05) is 55.4 Å². The van der Waals surface area contributed by atoms with Crippen molar-refractivity contribution >= 4 is 5.91 Å². The summed E-state index contributed by atoms with van der Waals surface area (Å²) in [5.41, 5.74) is 3.85. The predicted molar refractivity (Wildman–Crippen MR) is 124 cm³/mol. The highest BCUT2D eigenvalue weighted by Crippen LogP contribution is 2.26. The quantitative estimate of drug-likeness (QED) is 0.584. The van der Waals surface area contributed by atoms with Crippen molar-refractivity contribution < 1.29 is 9.90 Å². The van der Waals surface area contributed by atoms with Gasteiger partial charge in [0.1, 0.15) is 11.8 Å². The molecule has 0 radical (unpaired) electrons. The van der Waals surface area contributed by atoms with Crippen molar-refractivity contribution in [2.24, 2.45) is 0 Å². The van der Waals surface area contributed by atoms with E-state index in [1.807, 2.05) is 42.5 Å². The Kier molecular flexibility index (Phi) is 7.08. The largest absolute Gasteiger partial charge is 0.387 e. The van der Waals surface area contributed by atoms with Crippen molar-refractivity contribution in [3.63, 3.8) is 0 Å². The van der Waals surface area contributed by atoms with Gasteiger partial charge in [0.25, 0.3) is 5.91 Å². The number of aliphatic hydroxyl groups excluding tert-OH is 1. The fourth-order valence-corrected chi connectivity index (χ4v) is 4.26. The molecule has 168 valence electrons. The summed E-state index contributed by atoms with van der Waals surface area (Å²) in [5.74, 6) is -0.0244. The Bertz CT molecular complexity index is 1110. The molecule has 0 aliphatic carbocycles. The second-order valence-electron chi connectivity index (χ2n) is 8.50. The summed E-state index contributed by atoms with van der Waals surface area (Å²) in [6, 6.07) is 17.2. The minimum absolute atomic E-state index is 0.0244. The van der Waals surface area contributed by atoms with Gasteiger partial charge in [-0.25, -0.2) is 4.98 Å². The molecule has 7 nitrogen and oxygen atoms in total. The fourth-order valence-electron chi connectivity index (χ4n) is 4.26. The number of rotatable bonds is 7. The molecule has 0 spiro atoms. The highest BCUT2D eigenvalue weighted by molar-refractivity contribution is 5.94. The molecule has 3 heterocycles. The third kappa shape index (κ3) is 5.61. The summed E-state index contributed by atoms with van der Waals surface area (Å²) in [6.45, 7) is 0.513. The van der Waals surface area contributed by atoms with Crippen LogP contribution in [0.1, 0.15) is 51.7 Å². The summed E-state index contributed by atoms with van der Waals surface area (Å²) < 4.78 is 0. The van der Waals surface area contributed by atoms with E-state index in [4.69, 9.17) is 5.26 Å². The van der Waals surface area contributed by atoms with Gasteiger partial charge < -0.3 is 15.3 Å². The molecule has 1 saturated heterocycles. The van der Waals surface area contributed by atoms with E-state index in [0.29, 0.717) is 23.4 Å². The fraction of sp³-hybridized carbons (Fsp3) is 0.308. The number of nitrogens with one attached hydrogen (secondary N) is 1. The molecule has 1 aromatic carbocycles. The van der Waals surface area contributed by atoms with Crippen LogP contribution in [-0.2, 0) is 13.0 Å². The molecular weight excluding hydrogens is 414 g/mol. The SMILES string of the molecule is CN(Cc1cccnc1)C(=O)c1ccc(C[C@@H]2CC[C@H](C(O)c3ccc(C#N)nc3)N2)cc1. The average molecular weight is 442 g/mol. The summed E-state index contributed by atoms with van der Waals surface area (Å²) in [4.78, 5) is 22.6. The van der Waals surface area contributed by atoms with Gasteiger partial charge in [-0.3, -0.25) is 9.78 Å². The van der Waals surface area contributed by atoms with E-state index in [-0.39, 0.29) is 18.0 Å². The molecule has 33 heavy (non-hydrogen) atoms. The molecule has 3 atom stereocenters. The number of aromatic nitrogens is 2. The molecule has 1 aliphatic rings. The Labute approximate surface area is 193 Å². The second kappa shape index (κ2) is 10.3. The molecule has 0 saturated carbocycles. The number of carbonyl (C=O) groups is 1. The number of benzene rings is 1. The normalized spacial score (nSPS) is 18.5. The van der Waals surface area contributed by atoms with Crippen molar-refractivity contribution in [2.45, 2.75) is 44.0 Å². The maximum Gasteiger partial charge on any atom is 0.253 e. The molecule has 3 aromatic rings. The van der Waals surface area contributed by atoms with Crippen LogP contribution >= 0.6 is 0 Å². The van der Waals surface area contributed by atoms with Gasteiger partial charge in [-0.15, -0.1) is 0 Å². The monoisotopic (exact) mass is 441 g/mol. The first-order valence-corrected chi connectivity index (χ1v) is 11.1. The lowest BCUT2D eigenvalue weighted by atomic mass is 10.0. The highest BCUT2D eigenvalue weighted by atomic mass is 16.3. The number of carbonyl (C=O) groups excluding carboxylic acids is 1. The number of aliphatic hydroxyl groups is 1. The van der Waals surface area contributed by atoms with Crippen LogP contribution < -0.4 is 5.32 Å². The Hall–Kier alpha value is -3.60. The van der Waals surface area contributed by atoms with Crippen LogP contribution in [0.15, 0.2) is 67.1 Å². The van der Waals surface area contributed by atoms with Gasteiger partial charge in [-0.05, 0) is 54.7 Å². The van der Waals surface area contributed by atoms with Gasteiger partial charge in [-0.2, -0.15) is 5.26 Å². The minimum atomic E-state index is -0.661. The van der Waals surface area contributed by atoms with Crippen LogP contribution in [0.5, 0.6) is 0 Å². The van der Waals surface area contributed by atoms with Crippen LogP contribution in [0.4, 0.5) is 0 Å². The zero-order valence-corrected chi connectivity index (χ0v) is 18.6. The molecular formula is C26H27N5O2. The first-order valence-electron chi connectivity index (χ1n) is 11.1. The van der Waals surface area contributed by atoms with Crippen LogP contribution in [-0.4, -0.2) is 45.0 Å². The maximum atomic E-state index is 12.7. The van der Waals surface area contributed by atoms with Gasteiger partial charge >= 0.3 is 0 Å². The van der Waals surface area contributed by atoms with Crippen LogP contribution in [0.2, 0.25) is 0 Å². The Balaban J connectivity index is 1.31. The smallest absolute Gasteiger partial charge is 0.253 e. The number of nitrogens with zero attached hydrogens (tertiary/aromatic N) is 4. The third-order valence-corrected chi connectivity index (χ3v) is 6.07. The minimum Gasteiger partial charge on any atom is -0.387 e. The summed E-state index contributed by atoms with van der Waals surface area (Å²) in [7, 11) is 1.79. The lowest BCUT2D eigenvalue weighted by Gasteiger charge is -2.20. The Morgan fingerprint density at radius 1 is 1.18 bits per heavy atom. The van der Waals surface area contributed by atoms with E-state index in [1.165, 1.54) is 0 Å². The number of nitriles is 1. The van der Waals surface area contributed by atoms with Gasteiger partial charge in [0.05, 0.1) is 6.10 Å². The first-order chi connectivity index (χ1) is 16.0. The zero-order chi connectivity index (χ0) is 23.2. The van der Waals surface area contributed by atoms with E-state index in [2.05, 4.69) is 15.3 Å². The van der Waals surface area contributed by atoms with Crippen LogP contribution in [0.25, 0.3) is 0 Å². The second-order valence-corrected chi connectivity index (χ2v) is 8.50. The number of amides is 1. The Morgan fingerprint density at radius 2 is 2.00 bits per heavy atom. The molecule has 1 aliphatic heterocycles. The van der Waals surface area contributed by atoms with Crippen molar-refractivity contribution in [2.75, 3.05) is 7.05 Å². The van der Waals surface area contributed by atoms with Crippen molar-refractivity contribution in [3.8, 4) is 6.07 Å². The number of hydrogen-bond acceptors (Lipinski definition) is 6. The van der Waals surface area contributed by atoms with Gasteiger partial charge in [0.2, 0.25) is 0 Å². The average Bonchev–Trinajstić information content (AvgIpc) is 3.32. The first kappa shape index (κ1) is 22.6. The van der Waals surface area contributed by atoms with E-state index in [1.54, 1.807) is 42.7 Å². The lowest BCUT2D eigenvalue weighted by Crippen LogP contribution is -2.35. The zero-order valence-electron chi connectivity index (χ0n) is 18.6. The summed E-state index contributed by atoms with van der Waals surface area (Å²) in [6.07, 6.45) is 7.04. The molecule has 1 amide bonds. The molecule has 4 rings (SSSR count).